The number of nitrogens with one attached hydrogen (secondary N) is 1. The topological polar surface area (TPSA) is 184 Å². The number of amidine groups is 1. The minimum Gasteiger partial charge on any atom is -0.507 e. The van der Waals surface area contributed by atoms with E-state index in [1.54, 1.807) is 0 Å². The Hall–Kier alpha value is -3.94. The average molecular weight is 631 g/mol. The van der Waals surface area contributed by atoms with Gasteiger partial charge in [0.2, 0.25) is 0 Å². The molecule has 4 heterocycles. The van der Waals surface area contributed by atoms with Crippen LogP contribution in [0.2, 0.25) is 0 Å². The van der Waals surface area contributed by atoms with Crippen LogP contribution in [0.25, 0.3) is 0 Å². The fraction of sp³-hybridized carbons (Fsp3) is 0.471. The molecule has 46 heavy (non-hydrogen) atoms. The summed E-state index contributed by atoms with van der Waals surface area (Å²) in [7, 11) is 0. The summed E-state index contributed by atoms with van der Waals surface area (Å²) in [5.74, 6) is -2.01. The van der Waals surface area contributed by atoms with Crippen LogP contribution in [-0.2, 0) is 25.4 Å². The number of Topliss-reactive ketones (excluding diaryl/α,β-unsaturated/α-hetero) is 1. The molecule has 0 aromatic heterocycles. The largest absolute Gasteiger partial charge is 0.507 e. The van der Waals surface area contributed by atoms with Crippen LogP contribution < -0.4 is 5.32 Å². The lowest BCUT2D eigenvalue weighted by Gasteiger charge is -2.46. The molecule has 8 atom stereocenters. The number of aromatic hydroxyl groups is 2. The standard InChI is InChI=1S/C34H34N2O10/c1-14(37)34(43)15(2)44-24(11-23(34)39)45-30-20-10-21-26(27(40)18-5-4-6-22(38)25(18)29(21)42)28(41)19(20)9-17-13-32(30,3)46-33(17)12-16-7-8-35-31(16)36-33/h4-6,10,12,15,17,23-24,30,38-39,41,43H,7-9,11,13H2,1-3H3,(H,35,36)/t15?,17-,23-,24?,30-,32-,33+,34-/m1/s1. The van der Waals surface area contributed by atoms with E-state index in [0.717, 1.165) is 17.8 Å². The normalized spacial score (nSPS) is 37.1. The Morgan fingerprint density at radius 1 is 1.15 bits per heavy atom. The van der Waals surface area contributed by atoms with Gasteiger partial charge in [0.15, 0.2) is 35.0 Å². The summed E-state index contributed by atoms with van der Waals surface area (Å²) in [6, 6.07) is 5.78. The number of hydrogen-bond acceptors (Lipinski definition) is 12. The van der Waals surface area contributed by atoms with Crippen LogP contribution in [0.5, 0.6) is 11.5 Å². The summed E-state index contributed by atoms with van der Waals surface area (Å²) in [6.45, 7) is 5.20. The minimum atomic E-state index is -2.12. The molecule has 12 nitrogen and oxygen atoms in total. The van der Waals surface area contributed by atoms with Crippen molar-refractivity contribution in [3.05, 3.63) is 69.3 Å². The second-order valence-electron chi connectivity index (χ2n) is 13.5. The number of ether oxygens (including phenoxy) is 3. The van der Waals surface area contributed by atoms with Gasteiger partial charge in [-0.25, -0.2) is 0 Å². The zero-order valence-corrected chi connectivity index (χ0v) is 25.5. The van der Waals surface area contributed by atoms with Crippen LogP contribution >= 0.6 is 0 Å². The van der Waals surface area contributed by atoms with Crippen LogP contribution in [0.3, 0.4) is 0 Å². The zero-order valence-electron chi connectivity index (χ0n) is 25.5. The summed E-state index contributed by atoms with van der Waals surface area (Å²) in [6.07, 6.45) is -1.48. The molecular weight excluding hydrogens is 596 g/mol. The highest BCUT2D eigenvalue weighted by Crippen LogP contribution is 2.58. The Kier molecular flexibility index (Phi) is 6.12. The van der Waals surface area contributed by atoms with Gasteiger partial charge in [0.25, 0.3) is 0 Å². The van der Waals surface area contributed by atoms with Crippen molar-refractivity contribution >= 4 is 23.2 Å². The molecule has 0 radical (unpaired) electrons. The van der Waals surface area contributed by atoms with Crippen molar-refractivity contribution in [1.82, 2.24) is 5.32 Å². The number of phenolic OH excluding ortho intramolecular Hbond substituents is 2. The maximum absolute atomic E-state index is 13.8. The molecule has 2 fully saturated rings. The summed E-state index contributed by atoms with van der Waals surface area (Å²) < 4.78 is 19.5. The highest BCUT2D eigenvalue weighted by atomic mass is 16.7. The number of aliphatic hydroxyl groups excluding tert-OH is 1. The minimum absolute atomic E-state index is 0.00651. The van der Waals surface area contributed by atoms with Gasteiger partial charge in [-0.05, 0) is 69.4 Å². The second kappa shape index (κ2) is 9.55. The Labute approximate surface area is 263 Å². The maximum Gasteiger partial charge on any atom is 0.198 e. The van der Waals surface area contributed by atoms with Gasteiger partial charge in [0.05, 0.1) is 28.9 Å². The smallest absolute Gasteiger partial charge is 0.198 e. The molecule has 2 aromatic carbocycles. The fourth-order valence-corrected chi connectivity index (χ4v) is 8.46. The Balaban J connectivity index is 1.27. The number of aliphatic imine (C=N–C) groups is 1. The lowest BCUT2D eigenvalue weighted by molar-refractivity contribution is -0.301. The summed E-state index contributed by atoms with van der Waals surface area (Å²) in [4.78, 5) is 44.5. The highest BCUT2D eigenvalue weighted by Gasteiger charge is 2.62. The quantitative estimate of drug-likeness (QED) is 0.286. The molecule has 8 rings (SSSR count). The van der Waals surface area contributed by atoms with Crippen molar-refractivity contribution in [3.8, 4) is 11.5 Å². The van der Waals surface area contributed by atoms with Crippen molar-refractivity contribution in [1.29, 1.82) is 0 Å². The summed E-state index contributed by atoms with van der Waals surface area (Å²) in [5, 5.41) is 47.8. The van der Waals surface area contributed by atoms with Crippen LogP contribution in [0.4, 0.5) is 0 Å². The SMILES string of the molecule is CC(=O)[C@@]1(O)C(C)OC(O[C@@H]2c3cc4c(c(O)c3C[C@@H]3C[C@@]2(C)O[C@@]32C=C3CCN=C3N2)C(=O)c2cccc(O)c2C4=O)C[C@H]1O. The lowest BCUT2D eigenvalue weighted by Crippen LogP contribution is -2.62. The van der Waals surface area contributed by atoms with E-state index in [2.05, 4.69) is 10.3 Å². The van der Waals surface area contributed by atoms with Gasteiger partial charge in [-0.3, -0.25) is 19.4 Å². The molecule has 5 N–H and O–H groups in total. The third-order valence-electron chi connectivity index (χ3n) is 10.8. The molecule has 12 heteroatoms. The monoisotopic (exact) mass is 630 g/mol. The van der Waals surface area contributed by atoms with E-state index in [1.807, 2.05) is 13.0 Å². The summed E-state index contributed by atoms with van der Waals surface area (Å²) in [5.41, 5.74) is -2.68. The third-order valence-corrected chi connectivity index (χ3v) is 10.8. The zero-order chi connectivity index (χ0) is 32.5. The lowest BCUT2D eigenvalue weighted by atomic mass is 9.78. The van der Waals surface area contributed by atoms with Crippen molar-refractivity contribution in [3.63, 3.8) is 0 Å². The predicted molar refractivity (Wildman–Crippen MR) is 160 cm³/mol. The van der Waals surface area contributed by atoms with Crippen molar-refractivity contribution < 1.29 is 49.0 Å². The number of fused-ring (bicyclic) bond motifs is 7. The predicted octanol–water partition coefficient (Wildman–Crippen LogP) is 2.13. The molecule has 2 aromatic rings. The van der Waals surface area contributed by atoms with E-state index >= 15 is 0 Å². The maximum atomic E-state index is 13.8. The van der Waals surface area contributed by atoms with Crippen LogP contribution in [0.1, 0.15) is 89.1 Å². The molecule has 2 saturated heterocycles. The number of aliphatic hydroxyl groups is 2. The van der Waals surface area contributed by atoms with Crippen LogP contribution in [0, 0.1) is 5.92 Å². The average Bonchev–Trinajstić information content (AvgIpc) is 3.63. The molecule has 0 saturated carbocycles. The van der Waals surface area contributed by atoms with Gasteiger partial charge in [-0.2, -0.15) is 0 Å². The van der Waals surface area contributed by atoms with Crippen molar-refractivity contribution in [2.75, 3.05) is 6.54 Å². The first kappa shape index (κ1) is 29.5. The first-order chi connectivity index (χ1) is 21.8. The molecule has 2 aliphatic carbocycles. The molecule has 240 valence electrons. The number of hydrogen-bond donors (Lipinski definition) is 5. The van der Waals surface area contributed by atoms with Crippen molar-refractivity contribution in [2.45, 2.75) is 88.0 Å². The number of benzene rings is 2. The van der Waals surface area contributed by atoms with Crippen LogP contribution in [0.15, 0.2) is 40.9 Å². The fourth-order valence-electron chi connectivity index (χ4n) is 8.46. The highest BCUT2D eigenvalue weighted by molar-refractivity contribution is 6.30. The van der Waals surface area contributed by atoms with E-state index in [4.69, 9.17) is 14.2 Å². The molecule has 0 amide bonds. The first-order valence-electron chi connectivity index (χ1n) is 15.5. The van der Waals surface area contributed by atoms with Crippen LogP contribution in [-0.4, -0.2) is 85.6 Å². The van der Waals surface area contributed by atoms with Gasteiger partial charge in [-0.15, -0.1) is 0 Å². The number of ketones is 3. The molecule has 1 spiro atoms. The van der Waals surface area contributed by atoms with Crippen molar-refractivity contribution in [2.24, 2.45) is 10.9 Å². The molecule has 2 unspecified atom stereocenters. The third kappa shape index (κ3) is 3.79. The number of carbonyl (C=O) groups excluding carboxylic acids is 3. The number of rotatable bonds is 3. The Bertz CT molecular complexity index is 1820. The van der Waals surface area contributed by atoms with Gasteiger partial charge >= 0.3 is 0 Å². The van der Waals surface area contributed by atoms with Gasteiger partial charge < -0.3 is 40.0 Å². The molecule has 4 aliphatic heterocycles. The number of phenols is 2. The van der Waals surface area contributed by atoms with E-state index in [9.17, 15) is 34.8 Å². The second-order valence-corrected chi connectivity index (χ2v) is 13.5. The van der Waals surface area contributed by atoms with E-state index < -0.39 is 58.9 Å². The number of nitrogens with zero attached hydrogens (tertiary/aromatic N) is 1. The van der Waals surface area contributed by atoms with E-state index in [0.29, 0.717) is 24.1 Å². The van der Waals surface area contributed by atoms with E-state index in [1.165, 1.54) is 38.1 Å². The molecule has 6 aliphatic rings. The Morgan fingerprint density at radius 3 is 2.63 bits per heavy atom. The molecular formula is C34H34N2O10. The Morgan fingerprint density at radius 2 is 1.91 bits per heavy atom. The van der Waals surface area contributed by atoms with Gasteiger partial charge in [-0.1, -0.05) is 12.1 Å². The number of carbonyl (C=O) groups is 3. The molecule has 2 bridgehead atoms. The van der Waals surface area contributed by atoms with E-state index in [-0.39, 0.29) is 52.5 Å². The first-order valence-corrected chi connectivity index (χ1v) is 15.5. The van der Waals surface area contributed by atoms with Gasteiger partial charge in [0.1, 0.15) is 23.4 Å². The van der Waals surface area contributed by atoms with Gasteiger partial charge in [0, 0.05) is 35.6 Å². The summed E-state index contributed by atoms with van der Waals surface area (Å²) >= 11 is 0.